The molecule has 1 aliphatic rings. The lowest BCUT2D eigenvalue weighted by molar-refractivity contribution is -0.376. The SMILES string of the molecule is CCCc1cc(C(O)(C(F)(F)F)C(F)(F)F)ccc1Oc1ccc(CCN2C(=O)N[C@@](C)(c3ccc(OC(C)C)cc3)C2=O)c(COC)c1. The van der Waals surface area contributed by atoms with Crippen molar-refractivity contribution in [3.05, 3.63) is 88.5 Å². The van der Waals surface area contributed by atoms with E-state index in [0.717, 1.165) is 11.0 Å². The zero-order valence-electron chi connectivity index (χ0n) is 27.6. The highest BCUT2D eigenvalue weighted by atomic mass is 19.4. The second kappa shape index (κ2) is 14.3. The molecule has 14 heteroatoms. The van der Waals surface area contributed by atoms with Crippen LogP contribution in [0.1, 0.15) is 61.9 Å². The Kier molecular flexibility index (Phi) is 10.9. The monoisotopic (exact) mass is 696 g/mol. The number of imide groups is 1. The minimum Gasteiger partial charge on any atom is -0.491 e. The minimum absolute atomic E-state index is 0.0100. The molecule has 266 valence electrons. The van der Waals surface area contributed by atoms with Crippen LogP contribution >= 0.6 is 0 Å². The van der Waals surface area contributed by atoms with E-state index in [0.29, 0.717) is 41.0 Å². The predicted molar refractivity (Wildman–Crippen MR) is 167 cm³/mol. The number of carbonyl (C=O) groups excluding carboxylic acids is 2. The van der Waals surface area contributed by atoms with Crippen LogP contribution in [0.3, 0.4) is 0 Å². The molecular weight excluding hydrogens is 658 g/mol. The fourth-order valence-corrected chi connectivity index (χ4v) is 5.65. The fourth-order valence-electron chi connectivity index (χ4n) is 5.65. The Morgan fingerprint density at radius 1 is 0.857 bits per heavy atom. The average Bonchev–Trinajstić information content (AvgIpc) is 3.23. The largest absolute Gasteiger partial charge is 0.491 e. The summed E-state index contributed by atoms with van der Waals surface area (Å²) in [5.41, 5.74) is -5.77. The number of alkyl halides is 6. The Hall–Kier alpha value is -4.30. The van der Waals surface area contributed by atoms with Crippen molar-refractivity contribution in [2.45, 2.75) is 83.2 Å². The molecule has 1 saturated heterocycles. The average molecular weight is 697 g/mol. The first kappa shape index (κ1) is 37.5. The van der Waals surface area contributed by atoms with E-state index in [1.807, 2.05) is 13.8 Å². The van der Waals surface area contributed by atoms with Crippen molar-refractivity contribution in [1.82, 2.24) is 10.2 Å². The van der Waals surface area contributed by atoms with Crippen LogP contribution in [0.5, 0.6) is 17.2 Å². The zero-order chi connectivity index (χ0) is 36.4. The summed E-state index contributed by atoms with van der Waals surface area (Å²) in [5.74, 6) is 0.423. The van der Waals surface area contributed by atoms with E-state index in [-0.39, 0.29) is 49.2 Å². The van der Waals surface area contributed by atoms with Crippen molar-refractivity contribution >= 4 is 11.9 Å². The Balaban J connectivity index is 1.54. The van der Waals surface area contributed by atoms with Gasteiger partial charge in [-0.3, -0.25) is 9.69 Å². The van der Waals surface area contributed by atoms with Crippen LogP contribution in [-0.4, -0.2) is 54.1 Å². The molecule has 0 unspecified atom stereocenters. The van der Waals surface area contributed by atoms with E-state index in [9.17, 15) is 41.0 Å². The number of halogens is 6. The third-order valence-electron chi connectivity index (χ3n) is 8.21. The van der Waals surface area contributed by atoms with Gasteiger partial charge < -0.3 is 24.6 Å². The summed E-state index contributed by atoms with van der Waals surface area (Å²) in [6, 6.07) is 13.3. The Labute approximate surface area is 280 Å². The van der Waals surface area contributed by atoms with Gasteiger partial charge in [-0.1, -0.05) is 37.6 Å². The van der Waals surface area contributed by atoms with E-state index in [4.69, 9.17) is 14.2 Å². The number of aryl methyl sites for hydroxylation is 1. The molecule has 1 aliphatic heterocycles. The highest BCUT2D eigenvalue weighted by Gasteiger charge is 2.71. The number of aliphatic hydroxyl groups is 1. The molecule has 1 fully saturated rings. The quantitative estimate of drug-likeness (QED) is 0.141. The molecule has 4 rings (SSSR count). The predicted octanol–water partition coefficient (Wildman–Crippen LogP) is 7.69. The summed E-state index contributed by atoms with van der Waals surface area (Å²) in [4.78, 5) is 27.6. The van der Waals surface area contributed by atoms with Gasteiger partial charge in [0.15, 0.2) is 0 Å². The molecule has 49 heavy (non-hydrogen) atoms. The van der Waals surface area contributed by atoms with Crippen molar-refractivity contribution in [3.63, 3.8) is 0 Å². The maximum Gasteiger partial charge on any atom is 0.430 e. The normalized spacial score (nSPS) is 17.1. The van der Waals surface area contributed by atoms with Crippen LogP contribution in [0, 0.1) is 0 Å². The topological polar surface area (TPSA) is 97.3 Å². The van der Waals surface area contributed by atoms with E-state index >= 15 is 0 Å². The minimum atomic E-state index is -6.02. The molecule has 3 aromatic rings. The smallest absolute Gasteiger partial charge is 0.430 e. The van der Waals surface area contributed by atoms with Crippen LogP contribution in [0.15, 0.2) is 60.7 Å². The first-order chi connectivity index (χ1) is 22.8. The molecule has 0 aliphatic carbocycles. The van der Waals surface area contributed by atoms with Gasteiger partial charge in [0.1, 0.15) is 22.8 Å². The Bertz CT molecular complexity index is 1640. The van der Waals surface area contributed by atoms with Crippen molar-refractivity contribution in [1.29, 1.82) is 0 Å². The van der Waals surface area contributed by atoms with Crippen LogP contribution in [0.25, 0.3) is 0 Å². The molecule has 0 radical (unpaired) electrons. The maximum absolute atomic E-state index is 13.5. The van der Waals surface area contributed by atoms with E-state index in [1.165, 1.54) is 7.11 Å². The third kappa shape index (κ3) is 7.64. The van der Waals surface area contributed by atoms with Crippen molar-refractivity contribution in [2.75, 3.05) is 13.7 Å². The first-order valence-electron chi connectivity index (χ1n) is 15.5. The maximum atomic E-state index is 13.5. The lowest BCUT2D eigenvalue weighted by atomic mass is 9.90. The fraction of sp³-hybridized carbons (Fsp3) is 0.429. The summed E-state index contributed by atoms with van der Waals surface area (Å²) in [5, 5.41) is 12.7. The summed E-state index contributed by atoms with van der Waals surface area (Å²) >= 11 is 0. The van der Waals surface area contributed by atoms with Crippen LogP contribution < -0.4 is 14.8 Å². The molecule has 0 saturated carbocycles. The van der Waals surface area contributed by atoms with Crippen LogP contribution in [-0.2, 0) is 40.1 Å². The summed E-state index contributed by atoms with van der Waals surface area (Å²) in [6.45, 7) is 7.23. The lowest BCUT2D eigenvalue weighted by Gasteiger charge is -2.33. The van der Waals surface area contributed by atoms with Gasteiger partial charge in [0.05, 0.1) is 12.7 Å². The summed E-state index contributed by atoms with van der Waals surface area (Å²) in [6.07, 6.45) is -11.4. The number of hydrogen-bond acceptors (Lipinski definition) is 6. The van der Waals surface area contributed by atoms with Crippen LogP contribution in [0.4, 0.5) is 31.1 Å². The van der Waals surface area contributed by atoms with E-state index in [1.54, 1.807) is 56.3 Å². The molecule has 0 aromatic heterocycles. The van der Waals surface area contributed by atoms with Gasteiger partial charge in [0, 0.05) is 19.2 Å². The third-order valence-corrected chi connectivity index (χ3v) is 8.21. The number of benzene rings is 3. The first-order valence-corrected chi connectivity index (χ1v) is 15.5. The molecule has 3 aromatic carbocycles. The van der Waals surface area contributed by atoms with Gasteiger partial charge >= 0.3 is 18.4 Å². The number of rotatable bonds is 13. The van der Waals surface area contributed by atoms with Gasteiger partial charge in [-0.15, -0.1) is 0 Å². The highest BCUT2D eigenvalue weighted by molar-refractivity contribution is 6.07. The molecule has 0 bridgehead atoms. The summed E-state index contributed by atoms with van der Waals surface area (Å²) < 4.78 is 98.0. The molecule has 1 heterocycles. The molecule has 3 amide bonds. The number of urea groups is 1. The number of amides is 3. The second-order valence-electron chi connectivity index (χ2n) is 12.2. The number of nitrogens with zero attached hydrogens (tertiary/aromatic N) is 1. The Morgan fingerprint density at radius 2 is 1.49 bits per heavy atom. The van der Waals surface area contributed by atoms with Crippen molar-refractivity contribution < 1.29 is 55.2 Å². The van der Waals surface area contributed by atoms with E-state index in [2.05, 4.69) is 5.32 Å². The van der Waals surface area contributed by atoms with Gasteiger partial charge in [0.25, 0.3) is 11.5 Å². The number of nitrogens with one attached hydrogen (secondary N) is 1. The number of hydrogen-bond donors (Lipinski definition) is 2. The molecule has 1 atom stereocenters. The summed E-state index contributed by atoms with van der Waals surface area (Å²) in [7, 11) is 1.46. The van der Waals surface area contributed by atoms with Gasteiger partial charge in [-0.25, -0.2) is 4.79 Å². The molecule has 8 nitrogen and oxygen atoms in total. The van der Waals surface area contributed by atoms with Gasteiger partial charge in [0.2, 0.25) is 0 Å². The lowest BCUT2D eigenvalue weighted by Crippen LogP contribution is -2.53. The Morgan fingerprint density at radius 3 is 2.06 bits per heavy atom. The van der Waals surface area contributed by atoms with Crippen molar-refractivity contribution in [2.24, 2.45) is 0 Å². The zero-order valence-corrected chi connectivity index (χ0v) is 27.6. The van der Waals surface area contributed by atoms with Gasteiger partial charge in [-0.2, -0.15) is 26.3 Å². The molecule has 2 N–H and O–H groups in total. The number of carbonyl (C=O) groups is 2. The molecule has 0 spiro atoms. The second-order valence-corrected chi connectivity index (χ2v) is 12.2. The van der Waals surface area contributed by atoms with Crippen LogP contribution in [0.2, 0.25) is 0 Å². The van der Waals surface area contributed by atoms with E-state index < -0.39 is 41.0 Å². The standard InChI is InChI=1S/C35H38F6N2O6/c1-6-7-23-18-26(33(46,34(36,37)38)35(39,40)41)11-15-29(23)49-28-12-8-22(24(19-28)20-47-5)16-17-43-30(44)32(4,42-31(43)45)25-9-13-27(14-10-25)48-21(2)3/h8-15,18-19,21,46H,6-7,16-17,20H2,1-5H3,(H,42,45)/t32-/m0/s1. The number of methoxy groups -OCH3 is 1. The van der Waals surface area contributed by atoms with Gasteiger partial charge in [-0.05, 0) is 92.3 Å². The molecular formula is C35H38F6N2O6. The van der Waals surface area contributed by atoms with Crippen molar-refractivity contribution in [3.8, 4) is 17.2 Å². The number of ether oxygens (including phenoxy) is 3. The highest BCUT2D eigenvalue weighted by Crippen LogP contribution is 2.50.